The Balaban J connectivity index is 2.22. The van der Waals surface area contributed by atoms with Crippen LogP contribution in [0.2, 0.25) is 0 Å². The van der Waals surface area contributed by atoms with Crippen LogP contribution in [-0.2, 0) is 19.1 Å². The van der Waals surface area contributed by atoms with E-state index in [0.717, 1.165) is 12.8 Å². The van der Waals surface area contributed by atoms with Crippen LogP contribution in [-0.4, -0.2) is 24.6 Å². The van der Waals surface area contributed by atoms with Gasteiger partial charge in [-0.1, -0.05) is 32.6 Å². The van der Waals surface area contributed by atoms with Gasteiger partial charge in [-0.3, -0.25) is 9.59 Å². The highest BCUT2D eigenvalue weighted by Crippen LogP contribution is 2.26. The Morgan fingerprint density at radius 2 is 2.00 bits per heavy atom. The molecule has 1 fully saturated rings. The van der Waals surface area contributed by atoms with Crippen LogP contribution in [0, 0.1) is 5.92 Å². The van der Waals surface area contributed by atoms with Crippen LogP contribution in [0.25, 0.3) is 0 Å². The second-order valence-corrected chi connectivity index (χ2v) is 4.80. The van der Waals surface area contributed by atoms with Gasteiger partial charge in [-0.05, 0) is 19.8 Å². The molecule has 1 aliphatic rings. The third-order valence-corrected chi connectivity index (χ3v) is 3.27. The summed E-state index contributed by atoms with van der Waals surface area (Å²) < 4.78 is 10.1. The van der Waals surface area contributed by atoms with E-state index in [-0.39, 0.29) is 6.10 Å². The Labute approximate surface area is 109 Å². The zero-order valence-electron chi connectivity index (χ0n) is 11.4. The molecule has 2 atom stereocenters. The average molecular weight is 256 g/mol. The summed E-state index contributed by atoms with van der Waals surface area (Å²) in [7, 11) is 0. The smallest absolute Gasteiger partial charge is 0.320 e. The molecule has 0 aromatic rings. The van der Waals surface area contributed by atoms with Crippen LogP contribution in [0.5, 0.6) is 0 Å². The van der Waals surface area contributed by atoms with Gasteiger partial charge in [-0.15, -0.1) is 0 Å². The number of rotatable bonds is 8. The molecule has 0 aromatic heterocycles. The van der Waals surface area contributed by atoms with E-state index < -0.39 is 17.9 Å². The Hall–Kier alpha value is -1.06. The quantitative estimate of drug-likeness (QED) is 0.381. The maximum Gasteiger partial charge on any atom is 0.320 e. The number of carbonyl (C=O) groups is 2. The van der Waals surface area contributed by atoms with Gasteiger partial charge < -0.3 is 9.47 Å². The van der Waals surface area contributed by atoms with E-state index in [1.807, 2.05) is 0 Å². The molecule has 0 bridgehead atoms. The summed E-state index contributed by atoms with van der Waals surface area (Å²) in [6.07, 6.45) is 7.22. The Kier molecular flexibility index (Phi) is 6.76. The van der Waals surface area contributed by atoms with Crippen molar-refractivity contribution in [1.82, 2.24) is 0 Å². The normalized spacial score (nSPS) is 22.9. The van der Waals surface area contributed by atoms with Crippen molar-refractivity contribution in [1.29, 1.82) is 0 Å². The first kappa shape index (κ1) is 15.0. The Morgan fingerprint density at radius 1 is 1.28 bits per heavy atom. The van der Waals surface area contributed by atoms with E-state index in [1.165, 1.54) is 25.7 Å². The van der Waals surface area contributed by atoms with E-state index in [4.69, 9.17) is 9.47 Å². The molecule has 1 heterocycles. The average Bonchev–Trinajstić information content (AvgIpc) is 2.71. The van der Waals surface area contributed by atoms with Gasteiger partial charge in [0, 0.05) is 6.42 Å². The molecule has 0 spiro atoms. The third-order valence-electron chi connectivity index (χ3n) is 3.27. The van der Waals surface area contributed by atoms with Crippen molar-refractivity contribution in [2.75, 3.05) is 6.61 Å². The molecular formula is C14H24O4. The molecule has 18 heavy (non-hydrogen) atoms. The van der Waals surface area contributed by atoms with E-state index in [1.54, 1.807) is 6.92 Å². The Morgan fingerprint density at radius 3 is 2.67 bits per heavy atom. The summed E-state index contributed by atoms with van der Waals surface area (Å²) in [5, 5.41) is 0. The van der Waals surface area contributed by atoms with E-state index in [0.29, 0.717) is 13.0 Å². The number of cyclic esters (lactones) is 1. The first-order valence-corrected chi connectivity index (χ1v) is 7.06. The summed E-state index contributed by atoms with van der Waals surface area (Å²) in [5.41, 5.74) is 0. The lowest BCUT2D eigenvalue weighted by molar-refractivity contribution is -0.156. The second-order valence-electron chi connectivity index (χ2n) is 4.80. The van der Waals surface area contributed by atoms with Crippen LogP contribution >= 0.6 is 0 Å². The van der Waals surface area contributed by atoms with Gasteiger partial charge >= 0.3 is 11.9 Å². The highest BCUT2D eigenvalue weighted by atomic mass is 16.6. The van der Waals surface area contributed by atoms with Crippen LogP contribution in [0.4, 0.5) is 0 Å². The van der Waals surface area contributed by atoms with Crippen molar-refractivity contribution in [3.63, 3.8) is 0 Å². The largest absolute Gasteiger partial charge is 0.465 e. The highest BCUT2D eigenvalue weighted by Gasteiger charge is 2.40. The zero-order chi connectivity index (χ0) is 13.4. The fraction of sp³-hybridized carbons (Fsp3) is 0.857. The number of carbonyl (C=O) groups excluding carboxylic acids is 2. The molecule has 1 saturated heterocycles. The van der Waals surface area contributed by atoms with Crippen LogP contribution in [0.15, 0.2) is 0 Å². The van der Waals surface area contributed by atoms with Crippen molar-refractivity contribution >= 4 is 11.9 Å². The lowest BCUT2D eigenvalue weighted by atomic mass is 10.0. The summed E-state index contributed by atoms with van der Waals surface area (Å²) in [4.78, 5) is 23.0. The minimum Gasteiger partial charge on any atom is -0.465 e. The third kappa shape index (κ3) is 4.67. The van der Waals surface area contributed by atoms with Crippen molar-refractivity contribution < 1.29 is 19.1 Å². The number of unbranched alkanes of at least 4 members (excludes halogenated alkanes) is 4. The van der Waals surface area contributed by atoms with E-state index >= 15 is 0 Å². The van der Waals surface area contributed by atoms with Gasteiger partial charge in [0.25, 0.3) is 0 Å². The van der Waals surface area contributed by atoms with Gasteiger partial charge in [0.05, 0.1) is 6.61 Å². The molecule has 0 N–H and O–H groups in total. The molecule has 1 aliphatic heterocycles. The van der Waals surface area contributed by atoms with Gasteiger partial charge in [-0.2, -0.15) is 0 Å². The molecule has 104 valence electrons. The van der Waals surface area contributed by atoms with Crippen molar-refractivity contribution in [2.24, 2.45) is 5.92 Å². The molecule has 0 saturated carbocycles. The number of esters is 2. The van der Waals surface area contributed by atoms with Gasteiger partial charge in [0.2, 0.25) is 0 Å². The summed E-state index contributed by atoms with van der Waals surface area (Å²) >= 11 is 0. The minimum atomic E-state index is -0.689. The molecule has 4 nitrogen and oxygen atoms in total. The predicted octanol–water partition coefficient (Wildman–Crippen LogP) is 2.84. The summed E-state index contributed by atoms with van der Waals surface area (Å²) in [5.74, 6) is -1.53. The standard InChI is InChI=1S/C14H24O4/c1-3-5-6-7-8-9-11-10-12(14(16)18-11)13(15)17-4-2/h11-12H,3-10H2,1-2H3. The molecule has 1 rings (SSSR count). The SMILES string of the molecule is CCCCCCCC1CC(C(=O)OCC)C(=O)O1. The lowest BCUT2D eigenvalue weighted by Crippen LogP contribution is -2.21. The highest BCUT2D eigenvalue weighted by molar-refractivity contribution is 5.96. The molecule has 0 amide bonds. The van der Waals surface area contributed by atoms with Crippen LogP contribution in [0.1, 0.15) is 58.8 Å². The topological polar surface area (TPSA) is 52.6 Å². The van der Waals surface area contributed by atoms with Crippen LogP contribution < -0.4 is 0 Å². The molecule has 0 radical (unpaired) electrons. The fourth-order valence-electron chi connectivity index (χ4n) is 2.24. The maximum atomic E-state index is 11.5. The molecular weight excluding hydrogens is 232 g/mol. The summed E-state index contributed by atoms with van der Waals surface area (Å²) in [6, 6.07) is 0. The maximum absolute atomic E-state index is 11.5. The predicted molar refractivity (Wildman–Crippen MR) is 68.0 cm³/mol. The fourth-order valence-corrected chi connectivity index (χ4v) is 2.24. The number of hydrogen-bond acceptors (Lipinski definition) is 4. The molecule has 2 unspecified atom stereocenters. The monoisotopic (exact) mass is 256 g/mol. The van der Waals surface area contributed by atoms with Crippen LogP contribution in [0.3, 0.4) is 0 Å². The van der Waals surface area contributed by atoms with Gasteiger partial charge in [0.15, 0.2) is 5.92 Å². The van der Waals surface area contributed by atoms with Crippen molar-refractivity contribution in [2.45, 2.75) is 64.9 Å². The summed E-state index contributed by atoms with van der Waals surface area (Å²) in [6.45, 7) is 4.23. The van der Waals surface area contributed by atoms with Gasteiger partial charge in [0.1, 0.15) is 6.10 Å². The van der Waals surface area contributed by atoms with Crippen molar-refractivity contribution in [3.05, 3.63) is 0 Å². The number of ether oxygens (including phenoxy) is 2. The lowest BCUT2D eigenvalue weighted by Gasteiger charge is -2.08. The van der Waals surface area contributed by atoms with Gasteiger partial charge in [-0.25, -0.2) is 0 Å². The number of hydrogen-bond donors (Lipinski definition) is 0. The first-order valence-electron chi connectivity index (χ1n) is 7.06. The molecule has 0 aromatic carbocycles. The first-order chi connectivity index (χ1) is 8.69. The second kappa shape index (κ2) is 8.11. The van der Waals surface area contributed by atoms with E-state index in [9.17, 15) is 9.59 Å². The van der Waals surface area contributed by atoms with Crippen molar-refractivity contribution in [3.8, 4) is 0 Å². The zero-order valence-corrected chi connectivity index (χ0v) is 11.4. The minimum absolute atomic E-state index is 0.0893. The Bertz CT molecular complexity index is 275. The molecule has 0 aliphatic carbocycles. The van der Waals surface area contributed by atoms with E-state index in [2.05, 4.69) is 6.92 Å². The molecule has 4 heteroatoms.